The van der Waals surface area contributed by atoms with E-state index in [1.54, 1.807) is 0 Å². The predicted octanol–water partition coefficient (Wildman–Crippen LogP) is 0.778. The molecule has 2 aliphatic rings. The Hall–Kier alpha value is -0.160. The number of piperazine rings is 1. The predicted molar refractivity (Wildman–Crippen MR) is 74.9 cm³/mol. The van der Waals surface area contributed by atoms with Crippen LogP contribution in [-0.4, -0.2) is 73.9 Å². The molecule has 4 nitrogen and oxygen atoms in total. The third-order valence-corrected chi connectivity index (χ3v) is 4.65. The normalized spacial score (nSPS) is 40.0. The van der Waals surface area contributed by atoms with Crippen molar-refractivity contribution in [2.75, 3.05) is 39.9 Å². The molecule has 0 amide bonds. The molecule has 0 saturated carbocycles. The van der Waals surface area contributed by atoms with Gasteiger partial charge in [-0.25, -0.2) is 0 Å². The van der Waals surface area contributed by atoms with Crippen molar-refractivity contribution in [1.82, 2.24) is 15.1 Å². The summed E-state index contributed by atoms with van der Waals surface area (Å²) in [6.07, 6.45) is 1.15. The number of nitrogens with one attached hydrogen (secondary N) is 1. The smallest absolute Gasteiger partial charge is 0.0637 e. The van der Waals surface area contributed by atoms with Crippen molar-refractivity contribution in [3.63, 3.8) is 0 Å². The Kier molecular flexibility index (Phi) is 5.01. The number of hydrogen-bond donors (Lipinski definition) is 1. The molecule has 0 spiro atoms. The summed E-state index contributed by atoms with van der Waals surface area (Å²) in [5.74, 6) is 0. The van der Waals surface area contributed by atoms with Gasteiger partial charge in [-0.2, -0.15) is 0 Å². The van der Waals surface area contributed by atoms with Crippen molar-refractivity contribution in [3.8, 4) is 0 Å². The molecule has 2 heterocycles. The summed E-state index contributed by atoms with van der Waals surface area (Å²) in [6, 6.07) is 2.43. The van der Waals surface area contributed by atoms with Crippen LogP contribution in [0.25, 0.3) is 0 Å². The maximum Gasteiger partial charge on any atom is 0.0637 e. The first-order valence-electron chi connectivity index (χ1n) is 7.40. The van der Waals surface area contributed by atoms with E-state index < -0.39 is 0 Å². The van der Waals surface area contributed by atoms with Crippen molar-refractivity contribution in [2.45, 2.75) is 51.4 Å². The summed E-state index contributed by atoms with van der Waals surface area (Å²) in [7, 11) is 2.24. The van der Waals surface area contributed by atoms with E-state index in [1.807, 2.05) is 0 Å². The molecule has 0 aromatic carbocycles. The van der Waals surface area contributed by atoms with Crippen molar-refractivity contribution in [1.29, 1.82) is 0 Å². The Bertz CT molecular complexity index is 247. The lowest BCUT2D eigenvalue weighted by Gasteiger charge is -2.48. The average molecular weight is 255 g/mol. The second-order valence-corrected chi connectivity index (χ2v) is 5.91. The van der Waals surface area contributed by atoms with Crippen molar-refractivity contribution in [3.05, 3.63) is 0 Å². The maximum absolute atomic E-state index is 5.71. The summed E-state index contributed by atoms with van der Waals surface area (Å²) in [4.78, 5) is 5.13. The Morgan fingerprint density at radius 3 is 2.50 bits per heavy atom. The molecule has 0 aromatic rings. The highest BCUT2D eigenvalue weighted by Gasteiger charge is 2.35. The minimum Gasteiger partial charge on any atom is -0.380 e. The van der Waals surface area contributed by atoms with Crippen LogP contribution in [0, 0.1) is 0 Å². The number of rotatable bonds is 3. The highest BCUT2D eigenvalue weighted by Crippen LogP contribution is 2.21. The lowest BCUT2D eigenvalue weighted by Crippen LogP contribution is -2.63. The molecule has 106 valence electrons. The Balaban J connectivity index is 2.00. The molecule has 0 aliphatic carbocycles. The van der Waals surface area contributed by atoms with E-state index in [0.717, 1.165) is 39.3 Å². The topological polar surface area (TPSA) is 27.7 Å². The first kappa shape index (κ1) is 14.3. The molecule has 2 aliphatic heterocycles. The highest BCUT2D eigenvalue weighted by molar-refractivity contribution is 4.93. The summed E-state index contributed by atoms with van der Waals surface area (Å²) in [5, 5.41) is 3.64. The third kappa shape index (κ3) is 3.05. The van der Waals surface area contributed by atoms with Gasteiger partial charge in [0.25, 0.3) is 0 Å². The molecule has 2 saturated heterocycles. The van der Waals surface area contributed by atoms with Crippen LogP contribution in [0.2, 0.25) is 0 Å². The largest absolute Gasteiger partial charge is 0.380 e. The van der Waals surface area contributed by atoms with Gasteiger partial charge >= 0.3 is 0 Å². The van der Waals surface area contributed by atoms with Crippen LogP contribution in [0.3, 0.4) is 0 Å². The standard InChI is InChI=1S/C14H29N3O/c1-5-15-13-6-7-18-10-14(13)17-8-11(2)16(4)12(3)9-17/h11-15H,5-10H2,1-4H3. The third-order valence-electron chi connectivity index (χ3n) is 4.65. The van der Waals surface area contributed by atoms with Crippen LogP contribution in [-0.2, 0) is 4.74 Å². The summed E-state index contributed by atoms with van der Waals surface area (Å²) in [6.45, 7) is 12.0. The van der Waals surface area contributed by atoms with E-state index in [-0.39, 0.29) is 0 Å². The first-order valence-corrected chi connectivity index (χ1v) is 7.40. The van der Waals surface area contributed by atoms with Crippen LogP contribution in [0.1, 0.15) is 27.2 Å². The minimum atomic E-state index is 0.553. The van der Waals surface area contributed by atoms with Crippen LogP contribution in [0.5, 0.6) is 0 Å². The Morgan fingerprint density at radius 2 is 1.89 bits per heavy atom. The lowest BCUT2D eigenvalue weighted by atomic mass is 9.98. The molecule has 0 radical (unpaired) electrons. The zero-order valence-corrected chi connectivity index (χ0v) is 12.4. The molecule has 4 unspecified atom stereocenters. The summed E-state index contributed by atoms with van der Waals surface area (Å²) < 4.78 is 5.71. The molecule has 2 fully saturated rings. The van der Waals surface area contributed by atoms with Gasteiger partial charge in [0, 0.05) is 43.9 Å². The number of hydrogen-bond acceptors (Lipinski definition) is 4. The molecule has 4 heteroatoms. The zero-order valence-electron chi connectivity index (χ0n) is 12.4. The van der Waals surface area contributed by atoms with E-state index in [2.05, 4.69) is 42.9 Å². The van der Waals surface area contributed by atoms with Gasteiger partial charge in [-0.15, -0.1) is 0 Å². The first-order chi connectivity index (χ1) is 8.63. The summed E-state index contributed by atoms with van der Waals surface area (Å²) >= 11 is 0. The summed E-state index contributed by atoms with van der Waals surface area (Å²) in [5.41, 5.74) is 0. The van der Waals surface area contributed by atoms with Gasteiger partial charge in [0.2, 0.25) is 0 Å². The average Bonchev–Trinajstić information content (AvgIpc) is 2.36. The fourth-order valence-corrected chi connectivity index (χ4v) is 3.30. The van der Waals surface area contributed by atoms with E-state index in [1.165, 1.54) is 0 Å². The minimum absolute atomic E-state index is 0.553. The molecule has 0 bridgehead atoms. The molecule has 4 atom stereocenters. The molecule has 18 heavy (non-hydrogen) atoms. The second kappa shape index (κ2) is 6.33. The van der Waals surface area contributed by atoms with Crippen LogP contribution >= 0.6 is 0 Å². The molecule has 1 N–H and O–H groups in total. The van der Waals surface area contributed by atoms with Gasteiger partial charge < -0.3 is 10.1 Å². The van der Waals surface area contributed by atoms with Gasteiger partial charge in [0.1, 0.15) is 0 Å². The zero-order chi connectivity index (χ0) is 13.1. The SMILES string of the molecule is CCNC1CCOCC1N1CC(C)N(C)C(C)C1. The second-order valence-electron chi connectivity index (χ2n) is 5.91. The van der Waals surface area contributed by atoms with E-state index in [0.29, 0.717) is 24.2 Å². The molecule has 0 aromatic heterocycles. The van der Waals surface area contributed by atoms with Gasteiger partial charge in [-0.3, -0.25) is 9.80 Å². The number of ether oxygens (including phenoxy) is 1. The van der Waals surface area contributed by atoms with Gasteiger partial charge in [-0.05, 0) is 33.9 Å². The molecule has 2 rings (SSSR count). The highest BCUT2D eigenvalue weighted by atomic mass is 16.5. The van der Waals surface area contributed by atoms with Crippen molar-refractivity contribution >= 4 is 0 Å². The molecular weight excluding hydrogens is 226 g/mol. The van der Waals surface area contributed by atoms with Crippen LogP contribution < -0.4 is 5.32 Å². The number of likely N-dealkylation sites (N-methyl/N-ethyl adjacent to an activating group) is 2. The van der Waals surface area contributed by atoms with E-state index in [9.17, 15) is 0 Å². The van der Waals surface area contributed by atoms with Gasteiger partial charge in [0.05, 0.1) is 6.61 Å². The lowest BCUT2D eigenvalue weighted by molar-refractivity contribution is -0.0405. The van der Waals surface area contributed by atoms with Gasteiger partial charge in [-0.1, -0.05) is 6.92 Å². The number of nitrogens with zero attached hydrogens (tertiary/aromatic N) is 2. The maximum atomic E-state index is 5.71. The monoisotopic (exact) mass is 255 g/mol. The molecular formula is C14H29N3O. The van der Waals surface area contributed by atoms with Crippen LogP contribution in [0.15, 0.2) is 0 Å². The van der Waals surface area contributed by atoms with Crippen LogP contribution in [0.4, 0.5) is 0 Å². The van der Waals surface area contributed by atoms with E-state index >= 15 is 0 Å². The Labute approximate surface area is 112 Å². The quantitative estimate of drug-likeness (QED) is 0.806. The fourth-order valence-electron chi connectivity index (χ4n) is 3.30. The fraction of sp³-hybridized carbons (Fsp3) is 1.00. The van der Waals surface area contributed by atoms with Gasteiger partial charge in [0.15, 0.2) is 0 Å². The van der Waals surface area contributed by atoms with E-state index in [4.69, 9.17) is 4.74 Å². The van der Waals surface area contributed by atoms with Crippen molar-refractivity contribution < 1.29 is 4.74 Å². The Morgan fingerprint density at radius 1 is 1.22 bits per heavy atom. The van der Waals surface area contributed by atoms with Crippen molar-refractivity contribution in [2.24, 2.45) is 0 Å².